The lowest BCUT2D eigenvalue weighted by Crippen LogP contribution is -2.46. The third-order valence-corrected chi connectivity index (χ3v) is 3.75. The minimum atomic E-state index is -0.879. The van der Waals surface area contributed by atoms with E-state index in [0.717, 1.165) is 6.42 Å². The first kappa shape index (κ1) is 24.1. The van der Waals surface area contributed by atoms with Crippen LogP contribution in [0.5, 0.6) is 0 Å². The summed E-state index contributed by atoms with van der Waals surface area (Å²) in [4.78, 5) is 22.0. The highest BCUT2D eigenvalue weighted by molar-refractivity contribution is 5.87. The van der Waals surface area contributed by atoms with Gasteiger partial charge in [0.1, 0.15) is 5.60 Å². The van der Waals surface area contributed by atoms with Crippen LogP contribution in [0, 0.1) is 0 Å². The zero-order valence-electron chi connectivity index (χ0n) is 17.4. The smallest absolute Gasteiger partial charge is 0.335 e. The van der Waals surface area contributed by atoms with Gasteiger partial charge in [0.25, 0.3) is 0 Å². The summed E-state index contributed by atoms with van der Waals surface area (Å²) in [6.07, 6.45) is 1.58. The number of rotatable bonds is 5. The van der Waals surface area contributed by atoms with E-state index in [2.05, 4.69) is 0 Å². The fourth-order valence-electron chi connectivity index (χ4n) is 2.86. The highest BCUT2D eigenvalue weighted by Crippen LogP contribution is 2.30. The van der Waals surface area contributed by atoms with Crippen molar-refractivity contribution in [2.24, 2.45) is 5.73 Å². The molecule has 28 heavy (non-hydrogen) atoms. The van der Waals surface area contributed by atoms with Crippen molar-refractivity contribution in [2.75, 3.05) is 6.54 Å². The van der Waals surface area contributed by atoms with Crippen molar-refractivity contribution < 1.29 is 28.9 Å². The number of benzene rings is 1. The quantitative estimate of drug-likeness (QED) is 0.736. The zero-order chi connectivity index (χ0) is 21.4. The number of aromatic carboxylic acids is 1. The summed E-state index contributed by atoms with van der Waals surface area (Å²) < 4.78 is 16.9. The maximum atomic E-state index is 11.8. The Morgan fingerprint density at radius 1 is 1.18 bits per heavy atom. The lowest BCUT2D eigenvalue weighted by Gasteiger charge is -2.40. The van der Waals surface area contributed by atoms with Gasteiger partial charge < -0.3 is 25.1 Å². The van der Waals surface area contributed by atoms with Crippen molar-refractivity contribution in [3.8, 4) is 0 Å². The number of carbonyl (C=O) groups excluding carboxylic acids is 1. The number of carbonyl (C=O) groups is 2. The molecule has 0 amide bonds. The molecule has 1 aromatic rings. The van der Waals surface area contributed by atoms with Crippen molar-refractivity contribution >= 4 is 11.9 Å². The van der Waals surface area contributed by atoms with Crippen LogP contribution in [0.25, 0.3) is 0 Å². The van der Waals surface area contributed by atoms with E-state index in [1.165, 1.54) is 0 Å². The number of hydrogen-bond donors (Lipinski definition) is 2. The summed E-state index contributed by atoms with van der Waals surface area (Å²) in [7, 11) is 0. The number of carboxylic acid groups (broad SMARTS) is 1. The van der Waals surface area contributed by atoms with Crippen molar-refractivity contribution in [2.45, 2.75) is 77.5 Å². The number of hydrogen-bond acceptors (Lipinski definition) is 6. The lowest BCUT2D eigenvalue weighted by molar-refractivity contribution is -0.300. The van der Waals surface area contributed by atoms with Gasteiger partial charge in [0.2, 0.25) is 0 Å². The summed E-state index contributed by atoms with van der Waals surface area (Å²) in [5, 5.41) is 8.38. The largest absolute Gasteiger partial charge is 0.478 e. The average molecular weight is 395 g/mol. The number of ether oxygens (including phenoxy) is 3. The van der Waals surface area contributed by atoms with Gasteiger partial charge in [-0.1, -0.05) is 18.2 Å². The number of carboxylic acids is 1. The van der Waals surface area contributed by atoms with Gasteiger partial charge in [0.05, 0.1) is 24.2 Å². The van der Waals surface area contributed by atoms with Gasteiger partial charge in [0, 0.05) is 6.42 Å². The van der Waals surface area contributed by atoms with E-state index in [4.69, 9.17) is 25.1 Å². The molecule has 0 aromatic heterocycles. The fourth-order valence-corrected chi connectivity index (χ4v) is 2.86. The third-order valence-electron chi connectivity index (χ3n) is 3.75. The molecular formula is C21H33NO6. The van der Waals surface area contributed by atoms with Crippen LogP contribution in [0.1, 0.15) is 64.2 Å². The number of nitrogens with two attached hydrogens (primary N) is 1. The Bertz CT molecular complexity index is 624. The third kappa shape index (κ3) is 9.82. The fraction of sp³-hybridized carbons (Fsp3) is 0.619. The molecular weight excluding hydrogens is 362 g/mol. The summed E-state index contributed by atoms with van der Waals surface area (Å²) >= 11 is 0. The van der Waals surface area contributed by atoms with Crippen LogP contribution in [-0.2, 0) is 19.0 Å². The first-order chi connectivity index (χ1) is 12.9. The maximum Gasteiger partial charge on any atom is 0.335 e. The molecule has 0 saturated carbocycles. The molecule has 0 radical (unpaired) electrons. The van der Waals surface area contributed by atoms with Gasteiger partial charge in [-0.2, -0.15) is 0 Å². The Morgan fingerprint density at radius 3 is 2.21 bits per heavy atom. The monoisotopic (exact) mass is 395 g/mol. The second-order valence-electron chi connectivity index (χ2n) is 8.15. The van der Waals surface area contributed by atoms with Crippen molar-refractivity contribution in [1.29, 1.82) is 0 Å². The zero-order valence-corrected chi connectivity index (χ0v) is 17.4. The highest BCUT2D eigenvalue weighted by Gasteiger charge is 2.36. The second kappa shape index (κ2) is 10.5. The van der Waals surface area contributed by atoms with Crippen molar-refractivity contribution in [3.05, 3.63) is 35.9 Å². The molecule has 7 heteroatoms. The SMILES string of the molecule is CC(C)(C)OC(=O)C[C@H]1C[C@@H](CCN)OC(C)(C)O1.O=C(O)c1ccccc1. The van der Waals surface area contributed by atoms with Crippen LogP contribution >= 0.6 is 0 Å². The first-order valence-electron chi connectivity index (χ1n) is 9.48. The number of esters is 1. The van der Waals surface area contributed by atoms with Crippen LogP contribution in [0.4, 0.5) is 0 Å². The van der Waals surface area contributed by atoms with Crippen LogP contribution in [0.15, 0.2) is 30.3 Å². The van der Waals surface area contributed by atoms with Crippen LogP contribution in [-0.4, -0.2) is 47.2 Å². The van der Waals surface area contributed by atoms with Gasteiger partial charge in [-0.3, -0.25) is 4.79 Å². The molecule has 2 atom stereocenters. The van der Waals surface area contributed by atoms with Crippen LogP contribution in [0.3, 0.4) is 0 Å². The molecule has 0 spiro atoms. The Kier molecular flexibility index (Phi) is 9.07. The molecule has 1 fully saturated rings. The molecule has 2 rings (SSSR count). The molecule has 3 N–H and O–H groups in total. The molecule has 1 aromatic carbocycles. The standard InChI is InChI=1S/C14H27NO4.C7H6O2/c1-13(2,3)19-12(16)9-11-8-10(6-7-15)17-14(4,5)18-11;8-7(9)6-4-2-1-3-5-6/h10-11H,6-9,15H2,1-5H3;1-5H,(H,8,9)/t10-,11-;/m1./s1. The summed E-state index contributed by atoms with van der Waals surface area (Å²) in [6.45, 7) is 9.86. The second-order valence-corrected chi connectivity index (χ2v) is 8.15. The Labute approximate surface area is 167 Å². The molecule has 0 bridgehead atoms. The first-order valence-corrected chi connectivity index (χ1v) is 9.48. The molecule has 158 valence electrons. The van der Waals surface area contributed by atoms with Gasteiger partial charge in [-0.25, -0.2) is 4.79 Å². The summed E-state index contributed by atoms with van der Waals surface area (Å²) in [5.74, 6) is -1.79. The van der Waals surface area contributed by atoms with Crippen molar-refractivity contribution in [1.82, 2.24) is 0 Å². The van der Waals surface area contributed by atoms with E-state index >= 15 is 0 Å². The molecule has 1 aliphatic heterocycles. The Hall–Kier alpha value is -1.96. The van der Waals surface area contributed by atoms with Gasteiger partial charge >= 0.3 is 11.9 Å². The minimum Gasteiger partial charge on any atom is -0.478 e. The Balaban J connectivity index is 0.000000362. The molecule has 1 saturated heterocycles. The highest BCUT2D eigenvalue weighted by atomic mass is 16.7. The van der Waals surface area contributed by atoms with Gasteiger partial charge in [-0.05, 0) is 59.7 Å². The summed E-state index contributed by atoms with van der Waals surface area (Å²) in [6, 6.07) is 8.30. The van der Waals surface area contributed by atoms with Crippen LogP contribution in [0.2, 0.25) is 0 Å². The Morgan fingerprint density at radius 2 is 1.75 bits per heavy atom. The molecule has 1 aliphatic rings. The molecule has 7 nitrogen and oxygen atoms in total. The average Bonchev–Trinajstić information content (AvgIpc) is 2.53. The molecule has 0 unspecified atom stereocenters. The topological polar surface area (TPSA) is 108 Å². The molecule has 1 heterocycles. The predicted molar refractivity (Wildman–Crippen MR) is 106 cm³/mol. The van der Waals surface area contributed by atoms with E-state index < -0.39 is 17.4 Å². The van der Waals surface area contributed by atoms with Gasteiger partial charge in [0.15, 0.2) is 5.79 Å². The van der Waals surface area contributed by atoms with E-state index in [9.17, 15) is 9.59 Å². The lowest BCUT2D eigenvalue weighted by atomic mass is 10.0. The van der Waals surface area contributed by atoms with Crippen LogP contribution < -0.4 is 5.73 Å². The van der Waals surface area contributed by atoms with Crippen molar-refractivity contribution in [3.63, 3.8) is 0 Å². The van der Waals surface area contributed by atoms with E-state index in [-0.39, 0.29) is 24.6 Å². The normalized spacial score (nSPS) is 21.2. The predicted octanol–water partition coefficient (Wildman–Crippen LogP) is 3.36. The van der Waals surface area contributed by atoms with E-state index in [1.807, 2.05) is 34.6 Å². The summed E-state index contributed by atoms with van der Waals surface area (Å²) in [5.41, 5.74) is 5.43. The molecule has 0 aliphatic carbocycles. The minimum absolute atomic E-state index is 0.0428. The van der Waals surface area contributed by atoms with E-state index in [1.54, 1.807) is 30.3 Å². The van der Waals surface area contributed by atoms with E-state index in [0.29, 0.717) is 18.5 Å². The maximum absolute atomic E-state index is 11.8. The van der Waals surface area contributed by atoms with Gasteiger partial charge in [-0.15, -0.1) is 0 Å².